The van der Waals surface area contributed by atoms with Gasteiger partial charge >= 0.3 is 0 Å². The van der Waals surface area contributed by atoms with Crippen LogP contribution < -0.4 is 14.8 Å². The van der Waals surface area contributed by atoms with E-state index in [4.69, 9.17) is 9.47 Å². The van der Waals surface area contributed by atoms with Crippen LogP contribution in [0.15, 0.2) is 48.5 Å². The van der Waals surface area contributed by atoms with Gasteiger partial charge in [0.2, 0.25) is 0 Å². The van der Waals surface area contributed by atoms with Crippen molar-refractivity contribution in [3.05, 3.63) is 54.1 Å². The fourth-order valence-corrected chi connectivity index (χ4v) is 2.02. The molecule has 0 heterocycles. The molecule has 2 aromatic carbocycles. The van der Waals surface area contributed by atoms with Gasteiger partial charge < -0.3 is 14.8 Å². The molecule has 4 nitrogen and oxygen atoms in total. The van der Waals surface area contributed by atoms with Crippen LogP contribution in [0, 0.1) is 0 Å². The second-order valence-corrected chi connectivity index (χ2v) is 5.07. The van der Waals surface area contributed by atoms with Gasteiger partial charge in [-0.25, -0.2) is 0 Å². The number of ether oxygens (including phenoxy) is 2. The number of nitrogens with one attached hydrogen (secondary N) is 1. The number of para-hydroxylation sites is 1. The minimum Gasteiger partial charge on any atom is -0.493 e. The summed E-state index contributed by atoms with van der Waals surface area (Å²) in [5.41, 5.74) is 1.24. The van der Waals surface area contributed by atoms with Crippen LogP contribution in [-0.4, -0.2) is 18.6 Å². The van der Waals surface area contributed by atoms with Crippen LogP contribution in [0.4, 0.5) is 5.69 Å². The first-order valence-corrected chi connectivity index (χ1v) is 7.40. The molecule has 2 aromatic rings. The van der Waals surface area contributed by atoms with Crippen molar-refractivity contribution in [1.29, 1.82) is 0 Å². The van der Waals surface area contributed by atoms with Crippen molar-refractivity contribution in [2.24, 2.45) is 0 Å². The summed E-state index contributed by atoms with van der Waals surface area (Å²) in [4.78, 5) is 12.4. The van der Waals surface area contributed by atoms with Crippen molar-refractivity contribution in [3.63, 3.8) is 0 Å². The Bertz CT molecular complexity index is 620. The van der Waals surface area contributed by atoms with Gasteiger partial charge in [0.1, 0.15) is 11.5 Å². The van der Waals surface area contributed by atoms with E-state index in [9.17, 15) is 4.79 Å². The van der Waals surface area contributed by atoms with Crippen molar-refractivity contribution >= 4 is 11.6 Å². The molecule has 0 aromatic heterocycles. The monoisotopic (exact) mass is 299 g/mol. The van der Waals surface area contributed by atoms with E-state index in [1.165, 1.54) is 0 Å². The van der Waals surface area contributed by atoms with E-state index >= 15 is 0 Å². The quantitative estimate of drug-likeness (QED) is 0.872. The highest BCUT2D eigenvalue weighted by Crippen LogP contribution is 2.21. The van der Waals surface area contributed by atoms with E-state index < -0.39 is 0 Å². The molecule has 0 aliphatic heterocycles. The molecular weight excluding hydrogens is 278 g/mol. The first-order valence-electron chi connectivity index (χ1n) is 7.40. The largest absolute Gasteiger partial charge is 0.493 e. The molecule has 2 rings (SSSR count). The lowest BCUT2D eigenvalue weighted by Gasteiger charge is -2.12. The molecule has 0 aliphatic rings. The Morgan fingerprint density at radius 3 is 2.41 bits per heavy atom. The minimum atomic E-state index is -0.193. The van der Waals surface area contributed by atoms with E-state index in [-0.39, 0.29) is 12.0 Å². The van der Waals surface area contributed by atoms with E-state index in [0.29, 0.717) is 23.6 Å². The zero-order valence-corrected chi connectivity index (χ0v) is 13.1. The van der Waals surface area contributed by atoms with Crippen LogP contribution in [0.5, 0.6) is 11.5 Å². The van der Waals surface area contributed by atoms with Gasteiger partial charge in [-0.1, -0.05) is 12.1 Å². The van der Waals surface area contributed by atoms with Gasteiger partial charge in [0, 0.05) is 5.69 Å². The zero-order chi connectivity index (χ0) is 15.9. The smallest absolute Gasteiger partial charge is 0.259 e. The van der Waals surface area contributed by atoms with Gasteiger partial charge in [-0.3, -0.25) is 4.79 Å². The van der Waals surface area contributed by atoms with Gasteiger partial charge in [0.05, 0.1) is 18.3 Å². The molecule has 116 valence electrons. The predicted octanol–water partition coefficient (Wildman–Crippen LogP) is 4.12. The molecule has 0 fully saturated rings. The number of anilines is 1. The Labute approximate surface area is 131 Å². The normalized spacial score (nSPS) is 10.4. The summed E-state index contributed by atoms with van der Waals surface area (Å²) < 4.78 is 11.1. The lowest BCUT2D eigenvalue weighted by molar-refractivity contribution is 0.102. The molecule has 0 radical (unpaired) electrons. The van der Waals surface area contributed by atoms with Crippen molar-refractivity contribution in [1.82, 2.24) is 0 Å². The number of hydrogen-bond donors (Lipinski definition) is 1. The third-order valence-electron chi connectivity index (χ3n) is 2.92. The summed E-state index contributed by atoms with van der Waals surface area (Å²) in [5.74, 6) is 1.17. The van der Waals surface area contributed by atoms with E-state index in [1.54, 1.807) is 12.1 Å². The van der Waals surface area contributed by atoms with E-state index in [0.717, 1.165) is 5.75 Å². The van der Waals surface area contributed by atoms with Gasteiger partial charge in [0.15, 0.2) is 0 Å². The van der Waals surface area contributed by atoms with E-state index in [2.05, 4.69) is 5.32 Å². The molecule has 0 spiro atoms. The average Bonchev–Trinajstić information content (AvgIpc) is 2.49. The standard InChI is InChI=1S/C18H21NO3/c1-4-21-17-8-6-5-7-16(17)18(20)19-14-9-11-15(12-10-14)22-13(2)3/h5-13H,4H2,1-3H3,(H,19,20). The maximum atomic E-state index is 12.4. The third-order valence-corrected chi connectivity index (χ3v) is 2.92. The number of hydrogen-bond acceptors (Lipinski definition) is 3. The average molecular weight is 299 g/mol. The number of benzene rings is 2. The number of carbonyl (C=O) groups is 1. The molecule has 1 amide bonds. The second kappa shape index (κ2) is 7.50. The summed E-state index contributed by atoms with van der Waals surface area (Å²) in [6.07, 6.45) is 0.124. The SMILES string of the molecule is CCOc1ccccc1C(=O)Nc1ccc(OC(C)C)cc1. The fraction of sp³-hybridized carbons (Fsp3) is 0.278. The fourth-order valence-electron chi connectivity index (χ4n) is 2.02. The molecule has 1 N–H and O–H groups in total. The molecule has 4 heteroatoms. The summed E-state index contributed by atoms with van der Waals surface area (Å²) in [7, 11) is 0. The summed E-state index contributed by atoms with van der Waals surface area (Å²) in [6, 6.07) is 14.5. The Kier molecular flexibility index (Phi) is 5.42. The van der Waals surface area contributed by atoms with Gasteiger partial charge in [-0.15, -0.1) is 0 Å². The number of amides is 1. The topological polar surface area (TPSA) is 47.6 Å². The molecule has 22 heavy (non-hydrogen) atoms. The van der Waals surface area contributed by atoms with Crippen LogP contribution >= 0.6 is 0 Å². The van der Waals surface area contributed by atoms with Crippen molar-refractivity contribution in [2.45, 2.75) is 26.9 Å². The van der Waals surface area contributed by atoms with Crippen molar-refractivity contribution < 1.29 is 14.3 Å². The molecule has 0 atom stereocenters. The molecule has 0 bridgehead atoms. The van der Waals surface area contributed by atoms with Crippen LogP contribution in [0.3, 0.4) is 0 Å². The first-order chi connectivity index (χ1) is 10.6. The Morgan fingerprint density at radius 1 is 1.09 bits per heavy atom. The predicted molar refractivity (Wildman–Crippen MR) is 87.8 cm³/mol. The molecule has 0 unspecified atom stereocenters. The zero-order valence-electron chi connectivity index (χ0n) is 13.1. The van der Waals surface area contributed by atoms with E-state index in [1.807, 2.05) is 57.2 Å². The Balaban J connectivity index is 2.09. The highest BCUT2D eigenvalue weighted by Gasteiger charge is 2.12. The molecular formula is C18H21NO3. The number of rotatable bonds is 6. The van der Waals surface area contributed by atoms with Gasteiger partial charge in [-0.2, -0.15) is 0 Å². The highest BCUT2D eigenvalue weighted by molar-refractivity contribution is 6.06. The second-order valence-electron chi connectivity index (χ2n) is 5.07. The van der Waals surface area contributed by atoms with Gasteiger partial charge in [0.25, 0.3) is 5.91 Å². The molecule has 0 aliphatic carbocycles. The number of carbonyl (C=O) groups excluding carboxylic acids is 1. The van der Waals surface area contributed by atoms with Crippen molar-refractivity contribution in [2.75, 3.05) is 11.9 Å². The lowest BCUT2D eigenvalue weighted by Crippen LogP contribution is -2.13. The highest BCUT2D eigenvalue weighted by atomic mass is 16.5. The first kappa shape index (κ1) is 15.9. The third kappa shape index (κ3) is 4.25. The van der Waals surface area contributed by atoms with Crippen LogP contribution in [0.25, 0.3) is 0 Å². The summed E-state index contributed by atoms with van der Waals surface area (Å²) in [5, 5.41) is 2.86. The maximum Gasteiger partial charge on any atom is 0.259 e. The van der Waals surface area contributed by atoms with Crippen molar-refractivity contribution in [3.8, 4) is 11.5 Å². The van der Waals surface area contributed by atoms with Crippen LogP contribution in [0.1, 0.15) is 31.1 Å². The van der Waals surface area contributed by atoms with Crippen LogP contribution in [-0.2, 0) is 0 Å². The Morgan fingerprint density at radius 2 is 1.77 bits per heavy atom. The Hall–Kier alpha value is -2.49. The molecule has 0 saturated heterocycles. The maximum absolute atomic E-state index is 12.4. The van der Waals surface area contributed by atoms with Crippen LogP contribution in [0.2, 0.25) is 0 Å². The lowest BCUT2D eigenvalue weighted by atomic mass is 10.2. The van der Waals surface area contributed by atoms with Gasteiger partial charge in [-0.05, 0) is 57.2 Å². The summed E-state index contributed by atoms with van der Waals surface area (Å²) >= 11 is 0. The minimum absolute atomic E-state index is 0.124. The molecule has 0 saturated carbocycles. The summed E-state index contributed by atoms with van der Waals surface area (Å²) in [6.45, 7) is 6.36.